The predicted octanol–water partition coefficient (Wildman–Crippen LogP) is 4.85. The van der Waals surface area contributed by atoms with Crippen molar-refractivity contribution in [2.24, 2.45) is 0 Å². The Kier molecular flexibility index (Phi) is 4.71. The van der Waals surface area contributed by atoms with E-state index in [0.29, 0.717) is 0 Å². The van der Waals surface area contributed by atoms with Crippen LogP contribution in [0.25, 0.3) is 0 Å². The van der Waals surface area contributed by atoms with Crippen LogP contribution in [0.1, 0.15) is 25.8 Å². The third kappa shape index (κ3) is 4.27. The van der Waals surface area contributed by atoms with Crippen molar-refractivity contribution in [2.75, 3.05) is 11.1 Å². The molecule has 3 heteroatoms. The fourth-order valence-electron chi connectivity index (χ4n) is 2.17. The summed E-state index contributed by atoms with van der Waals surface area (Å²) in [6.45, 7) is 4.41. The van der Waals surface area contributed by atoms with Crippen LogP contribution in [0, 0.1) is 0 Å². The molecular weight excluding hydrogens is 312 g/mol. The first-order chi connectivity index (χ1) is 9.46. The van der Waals surface area contributed by atoms with Crippen LogP contribution in [0.2, 0.25) is 0 Å². The average Bonchev–Trinajstić information content (AvgIpc) is 2.42. The molecule has 0 fully saturated rings. The molecule has 0 bridgehead atoms. The molecule has 0 spiro atoms. The second-order valence-corrected chi connectivity index (χ2v) is 6.64. The van der Waals surface area contributed by atoms with Gasteiger partial charge in [-0.1, -0.05) is 46.3 Å². The number of anilines is 2. The Balaban J connectivity index is 2.01. The Labute approximate surface area is 129 Å². The van der Waals surface area contributed by atoms with Gasteiger partial charge in [0.15, 0.2) is 0 Å². The SMILES string of the molecule is CC(C)(CCc1ccccc1)Nc1cc(Br)ccc1N. The summed E-state index contributed by atoms with van der Waals surface area (Å²) >= 11 is 3.48. The highest BCUT2D eigenvalue weighted by Gasteiger charge is 2.18. The summed E-state index contributed by atoms with van der Waals surface area (Å²) < 4.78 is 1.04. The van der Waals surface area contributed by atoms with E-state index < -0.39 is 0 Å². The van der Waals surface area contributed by atoms with Crippen molar-refractivity contribution in [3.05, 3.63) is 58.6 Å². The lowest BCUT2D eigenvalue weighted by molar-refractivity contribution is 0.519. The van der Waals surface area contributed by atoms with E-state index in [1.54, 1.807) is 0 Å². The lowest BCUT2D eigenvalue weighted by atomic mass is 9.95. The smallest absolute Gasteiger partial charge is 0.0589 e. The van der Waals surface area contributed by atoms with Crippen molar-refractivity contribution in [2.45, 2.75) is 32.2 Å². The summed E-state index contributed by atoms with van der Waals surface area (Å²) in [5.74, 6) is 0. The van der Waals surface area contributed by atoms with Crippen molar-refractivity contribution in [3.8, 4) is 0 Å². The molecule has 0 radical (unpaired) electrons. The summed E-state index contributed by atoms with van der Waals surface area (Å²) in [6.07, 6.45) is 2.09. The van der Waals surface area contributed by atoms with Gasteiger partial charge in [-0.3, -0.25) is 0 Å². The first kappa shape index (κ1) is 14.9. The number of rotatable bonds is 5. The highest BCUT2D eigenvalue weighted by atomic mass is 79.9. The van der Waals surface area contributed by atoms with Gasteiger partial charge < -0.3 is 11.1 Å². The van der Waals surface area contributed by atoms with Crippen LogP contribution in [0.3, 0.4) is 0 Å². The van der Waals surface area contributed by atoms with Gasteiger partial charge in [-0.05, 0) is 50.5 Å². The summed E-state index contributed by atoms with van der Waals surface area (Å²) in [6, 6.07) is 16.5. The van der Waals surface area contributed by atoms with E-state index in [1.807, 2.05) is 18.2 Å². The highest BCUT2D eigenvalue weighted by Crippen LogP contribution is 2.28. The normalized spacial score (nSPS) is 11.3. The zero-order valence-electron chi connectivity index (χ0n) is 12.0. The second kappa shape index (κ2) is 6.31. The monoisotopic (exact) mass is 332 g/mol. The van der Waals surface area contributed by atoms with Crippen LogP contribution in [0.15, 0.2) is 53.0 Å². The number of hydrogen-bond acceptors (Lipinski definition) is 2. The zero-order chi connectivity index (χ0) is 14.6. The van der Waals surface area contributed by atoms with Gasteiger partial charge >= 0.3 is 0 Å². The quantitative estimate of drug-likeness (QED) is 0.767. The van der Waals surface area contributed by atoms with Gasteiger partial charge in [0.1, 0.15) is 0 Å². The van der Waals surface area contributed by atoms with Gasteiger partial charge in [-0.15, -0.1) is 0 Å². The number of nitrogens with one attached hydrogen (secondary N) is 1. The number of aryl methyl sites for hydroxylation is 1. The molecule has 0 atom stereocenters. The summed E-state index contributed by atoms with van der Waals surface area (Å²) in [7, 11) is 0. The first-order valence-corrected chi connectivity index (χ1v) is 7.63. The van der Waals surface area contributed by atoms with Crippen molar-refractivity contribution >= 4 is 27.3 Å². The molecule has 0 aliphatic rings. The molecule has 20 heavy (non-hydrogen) atoms. The summed E-state index contributed by atoms with van der Waals surface area (Å²) in [5.41, 5.74) is 9.14. The maximum Gasteiger partial charge on any atom is 0.0589 e. The van der Waals surface area contributed by atoms with Crippen molar-refractivity contribution in [1.29, 1.82) is 0 Å². The average molecular weight is 333 g/mol. The van der Waals surface area contributed by atoms with Crippen molar-refractivity contribution in [1.82, 2.24) is 0 Å². The Morgan fingerprint density at radius 2 is 1.80 bits per heavy atom. The number of nitrogen functional groups attached to an aromatic ring is 1. The molecule has 2 rings (SSSR count). The largest absolute Gasteiger partial charge is 0.397 e. The minimum Gasteiger partial charge on any atom is -0.397 e. The molecule has 0 aliphatic carbocycles. The van der Waals surface area contributed by atoms with Gasteiger partial charge in [0, 0.05) is 10.0 Å². The molecule has 106 valence electrons. The number of halogens is 1. The molecule has 2 aromatic rings. The van der Waals surface area contributed by atoms with E-state index in [4.69, 9.17) is 5.73 Å². The van der Waals surface area contributed by atoms with Gasteiger partial charge in [0.25, 0.3) is 0 Å². The summed E-state index contributed by atoms with van der Waals surface area (Å²) in [4.78, 5) is 0. The van der Waals surface area contributed by atoms with E-state index >= 15 is 0 Å². The second-order valence-electron chi connectivity index (χ2n) is 5.73. The predicted molar refractivity (Wildman–Crippen MR) is 91.0 cm³/mol. The number of hydrogen-bond donors (Lipinski definition) is 2. The number of benzene rings is 2. The van der Waals surface area contributed by atoms with Gasteiger partial charge in [-0.2, -0.15) is 0 Å². The number of nitrogens with two attached hydrogens (primary N) is 1. The van der Waals surface area contributed by atoms with E-state index in [9.17, 15) is 0 Å². The molecule has 2 aromatic carbocycles. The van der Waals surface area contributed by atoms with Crippen LogP contribution in [-0.2, 0) is 6.42 Å². The van der Waals surface area contributed by atoms with Crippen LogP contribution in [0.4, 0.5) is 11.4 Å². The zero-order valence-corrected chi connectivity index (χ0v) is 13.6. The van der Waals surface area contributed by atoms with Gasteiger partial charge in [0.05, 0.1) is 11.4 Å². The molecule has 0 saturated heterocycles. The fourth-order valence-corrected chi connectivity index (χ4v) is 2.53. The lowest BCUT2D eigenvalue weighted by Gasteiger charge is -2.28. The topological polar surface area (TPSA) is 38.0 Å². The molecule has 2 nitrogen and oxygen atoms in total. The van der Waals surface area contributed by atoms with Gasteiger partial charge in [0.2, 0.25) is 0 Å². The molecule has 3 N–H and O–H groups in total. The standard InChI is InChI=1S/C17H21BrN2/c1-17(2,11-10-13-6-4-3-5-7-13)20-16-12-14(18)8-9-15(16)19/h3-9,12,20H,10-11,19H2,1-2H3. The van der Waals surface area contributed by atoms with E-state index in [1.165, 1.54) is 5.56 Å². The summed E-state index contributed by atoms with van der Waals surface area (Å²) in [5, 5.41) is 3.54. The third-order valence-corrected chi connectivity index (χ3v) is 3.86. The van der Waals surface area contributed by atoms with Crippen LogP contribution in [0.5, 0.6) is 0 Å². The van der Waals surface area contributed by atoms with E-state index in [2.05, 4.69) is 65.4 Å². The van der Waals surface area contributed by atoms with E-state index in [-0.39, 0.29) is 5.54 Å². The van der Waals surface area contributed by atoms with E-state index in [0.717, 1.165) is 28.7 Å². The van der Waals surface area contributed by atoms with Crippen molar-refractivity contribution in [3.63, 3.8) is 0 Å². The minimum absolute atomic E-state index is 0.00917. The fraction of sp³-hybridized carbons (Fsp3) is 0.294. The van der Waals surface area contributed by atoms with Crippen LogP contribution in [-0.4, -0.2) is 5.54 Å². The van der Waals surface area contributed by atoms with Crippen molar-refractivity contribution < 1.29 is 0 Å². The molecule has 0 heterocycles. The first-order valence-electron chi connectivity index (χ1n) is 6.83. The maximum atomic E-state index is 6.02. The Hall–Kier alpha value is -1.48. The molecular formula is C17H21BrN2. The Morgan fingerprint density at radius 3 is 2.50 bits per heavy atom. The molecule has 0 saturated carbocycles. The van der Waals surface area contributed by atoms with Crippen LogP contribution >= 0.6 is 15.9 Å². The molecule has 0 unspecified atom stereocenters. The lowest BCUT2D eigenvalue weighted by Crippen LogP contribution is -2.31. The molecule has 0 aromatic heterocycles. The molecule has 0 aliphatic heterocycles. The van der Waals surface area contributed by atoms with Crippen LogP contribution < -0.4 is 11.1 Å². The van der Waals surface area contributed by atoms with Gasteiger partial charge in [-0.25, -0.2) is 0 Å². The minimum atomic E-state index is -0.00917. The third-order valence-electron chi connectivity index (χ3n) is 3.37. The Bertz CT molecular complexity index is 564. The molecule has 0 amide bonds. The Morgan fingerprint density at radius 1 is 1.10 bits per heavy atom. The maximum absolute atomic E-state index is 6.02. The highest BCUT2D eigenvalue weighted by molar-refractivity contribution is 9.10.